The van der Waals surface area contributed by atoms with Gasteiger partial charge in [0.15, 0.2) is 5.82 Å². The standard InChI is InChI=1S/C11H11N3O/c1-8-4-2-3-5-9(8)12-10-6-7-11(15)14-13-10/h2-7H,1H3,(H,12,13)(H,14,15). The number of anilines is 2. The Balaban J connectivity index is 2.26. The molecule has 1 aromatic heterocycles. The second kappa shape index (κ2) is 3.96. The van der Waals surface area contributed by atoms with Crippen molar-refractivity contribution >= 4 is 11.5 Å². The van der Waals surface area contributed by atoms with E-state index in [2.05, 4.69) is 15.5 Å². The van der Waals surface area contributed by atoms with Gasteiger partial charge in [-0.3, -0.25) is 4.79 Å². The Morgan fingerprint density at radius 2 is 2.00 bits per heavy atom. The second-order valence-electron chi connectivity index (χ2n) is 3.25. The van der Waals surface area contributed by atoms with E-state index < -0.39 is 0 Å². The summed E-state index contributed by atoms with van der Waals surface area (Å²) in [7, 11) is 0. The van der Waals surface area contributed by atoms with E-state index in [-0.39, 0.29) is 5.56 Å². The number of rotatable bonds is 2. The van der Waals surface area contributed by atoms with E-state index in [1.54, 1.807) is 6.07 Å². The first-order chi connectivity index (χ1) is 7.25. The summed E-state index contributed by atoms with van der Waals surface area (Å²) in [5, 5.41) is 9.36. The Morgan fingerprint density at radius 3 is 2.67 bits per heavy atom. The highest BCUT2D eigenvalue weighted by Gasteiger charge is 1.98. The predicted molar refractivity (Wildman–Crippen MR) is 59.3 cm³/mol. The van der Waals surface area contributed by atoms with Crippen LogP contribution in [0.1, 0.15) is 5.56 Å². The zero-order chi connectivity index (χ0) is 10.7. The summed E-state index contributed by atoms with van der Waals surface area (Å²) < 4.78 is 0. The highest BCUT2D eigenvalue weighted by molar-refractivity contribution is 5.59. The smallest absolute Gasteiger partial charge is 0.264 e. The summed E-state index contributed by atoms with van der Waals surface area (Å²) in [6, 6.07) is 11.0. The molecule has 0 bridgehead atoms. The molecule has 0 aliphatic rings. The third-order valence-electron chi connectivity index (χ3n) is 2.09. The fourth-order valence-electron chi connectivity index (χ4n) is 1.27. The summed E-state index contributed by atoms with van der Waals surface area (Å²) in [5.74, 6) is 0.629. The highest BCUT2D eigenvalue weighted by Crippen LogP contribution is 2.16. The molecule has 2 rings (SSSR count). The summed E-state index contributed by atoms with van der Waals surface area (Å²) in [5.41, 5.74) is 1.91. The Hall–Kier alpha value is -2.10. The summed E-state index contributed by atoms with van der Waals surface area (Å²) >= 11 is 0. The fourth-order valence-corrected chi connectivity index (χ4v) is 1.27. The fraction of sp³-hybridized carbons (Fsp3) is 0.0909. The van der Waals surface area contributed by atoms with Crippen LogP contribution in [-0.2, 0) is 0 Å². The maximum atomic E-state index is 10.8. The molecule has 0 atom stereocenters. The van der Waals surface area contributed by atoms with E-state index in [9.17, 15) is 4.79 Å². The predicted octanol–water partition coefficient (Wildman–Crippen LogP) is 1.82. The van der Waals surface area contributed by atoms with Crippen LogP contribution in [0.5, 0.6) is 0 Å². The monoisotopic (exact) mass is 201 g/mol. The third-order valence-corrected chi connectivity index (χ3v) is 2.09. The molecule has 0 fully saturated rings. The molecule has 4 nitrogen and oxygen atoms in total. The van der Waals surface area contributed by atoms with Crippen LogP contribution in [0.15, 0.2) is 41.2 Å². The van der Waals surface area contributed by atoms with Gasteiger partial charge in [0.05, 0.1) is 0 Å². The Bertz CT molecular complexity index is 499. The van der Waals surface area contributed by atoms with Crippen LogP contribution in [0.3, 0.4) is 0 Å². The van der Waals surface area contributed by atoms with Crippen molar-refractivity contribution in [3.63, 3.8) is 0 Å². The first-order valence-electron chi connectivity index (χ1n) is 4.64. The minimum absolute atomic E-state index is 0.203. The van der Waals surface area contributed by atoms with Gasteiger partial charge in [-0.1, -0.05) is 18.2 Å². The Kier molecular flexibility index (Phi) is 2.49. The lowest BCUT2D eigenvalue weighted by atomic mass is 10.2. The Labute approximate surface area is 87.0 Å². The normalized spacial score (nSPS) is 9.93. The van der Waals surface area contributed by atoms with Gasteiger partial charge in [0.2, 0.25) is 0 Å². The zero-order valence-electron chi connectivity index (χ0n) is 8.32. The van der Waals surface area contributed by atoms with E-state index in [0.717, 1.165) is 11.3 Å². The molecule has 0 amide bonds. The molecule has 0 saturated carbocycles. The van der Waals surface area contributed by atoms with Crippen molar-refractivity contribution in [3.05, 3.63) is 52.3 Å². The van der Waals surface area contributed by atoms with Gasteiger partial charge in [-0.05, 0) is 24.6 Å². The summed E-state index contributed by atoms with van der Waals surface area (Å²) in [6.45, 7) is 2.01. The largest absolute Gasteiger partial charge is 0.339 e. The minimum Gasteiger partial charge on any atom is -0.339 e. The van der Waals surface area contributed by atoms with Crippen LogP contribution in [-0.4, -0.2) is 10.2 Å². The zero-order valence-corrected chi connectivity index (χ0v) is 8.32. The molecule has 0 aliphatic carbocycles. The summed E-state index contributed by atoms with van der Waals surface area (Å²) in [4.78, 5) is 10.8. The molecule has 15 heavy (non-hydrogen) atoms. The lowest BCUT2D eigenvalue weighted by Crippen LogP contribution is -2.07. The van der Waals surface area contributed by atoms with Crippen molar-refractivity contribution in [1.82, 2.24) is 10.2 Å². The molecule has 4 heteroatoms. The number of aryl methyl sites for hydroxylation is 1. The number of nitrogens with zero attached hydrogens (tertiary/aromatic N) is 1. The van der Waals surface area contributed by atoms with Gasteiger partial charge in [-0.15, -0.1) is 0 Å². The number of benzene rings is 1. The van der Waals surface area contributed by atoms with Gasteiger partial charge in [0.25, 0.3) is 5.56 Å². The summed E-state index contributed by atoms with van der Waals surface area (Å²) in [6.07, 6.45) is 0. The molecule has 0 radical (unpaired) electrons. The number of aromatic amines is 1. The van der Waals surface area contributed by atoms with E-state index in [1.807, 2.05) is 31.2 Å². The number of para-hydroxylation sites is 1. The van der Waals surface area contributed by atoms with Crippen LogP contribution < -0.4 is 10.9 Å². The molecule has 0 spiro atoms. The van der Waals surface area contributed by atoms with Crippen LogP contribution in [0.4, 0.5) is 11.5 Å². The molecule has 2 N–H and O–H groups in total. The number of hydrogen-bond donors (Lipinski definition) is 2. The van der Waals surface area contributed by atoms with E-state index >= 15 is 0 Å². The maximum absolute atomic E-state index is 10.8. The molecular formula is C11H11N3O. The highest BCUT2D eigenvalue weighted by atomic mass is 16.1. The number of hydrogen-bond acceptors (Lipinski definition) is 3. The second-order valence-corrected chi connectivity index (χ2v) is 3.25. The van der Waals surface area contributed by atoms with Crippen LogP contribution >= 0.6 is 0 Å². The lowest BCUT2D eigenvalue weighted by Gasteiger charge is -2.06. The number of nitrogens with one attached hydrogen (secondary N) is 2. The quantitative estimate of drug-likeness (QED) is 0.779. The average molecular weight is 201 g/mol. The van der Waals surface area contributed by atoms with Crippen LogP contribution in [0.2, 0.25) is 0 Å². The average Bonchev–Trinajstić information content (AvgIpc) is 2.25. The van der Waals surface area contributed by atoms with Crippen molar-refractivity contribution in [2.45, 2.75) is 6.92 Å². The molecule has 2 aromatic rings. The molecule has 0 saturated heterocycles. The molecule has 0 aliphatic heterocycles. The molecule has 1 aromatic carbocycles. The van der Waals surface area contributed by atoms with Crippen molar-refractivity contribution in [1.29, 1.82) is 0 Å². The molecule has 76 valence electrons. The van der Waals surface area contributed by atoms with Crippen molar-refractivity contribution in [3.8, 4) is 0 Å². The van der Waals surface area contributed by atoms with Gasteiger partial charge in [0, 0.05) is 11.8 Å². The van der Waals surface area contributed by atoms with Gasteiger partial charge in [-0.25, -0.2) is 5.10 Å². The number of aromatic nitrogens is 2. The first kappa shape index (κ1) is 9.45. The van der Waals surface area contributed by atoms with E-state index in [0.29, 0.717) is 5.82 Å². The molecule has 0 unspecified atom stereocenters. The van der Waals surface area contributed by atoms with Gasteiger partial charge < -0.3 is 5.32 Å². The molecule has 1 heterocycles. The Morgan fingerprint density at radius 1 is 1.20 bits per heavy atom. The van der Waals surface area contributed by atoms with Gasteiger partial charge >= 0.3 is 0 Å². The topological polar surface area (TPSA) is 57.8 Å². The van der Waals surface area contributed by atoms with E-state index in [1.165, 1.54) is 6.07 Å². The third kappa shape index (κ3) is 2.22. The number of H-pyrrole nitrogens is 1. The minimum atomic E-state index is -0.203. The van der Waals surface area contributed by atoms with Gasteiger partial charge in [-0.2, -0.15) is 5.10 Å². The van der Waals surface area contributed by atoms with Crippen molar-refractivity contribution < 1.29 is 0 Å². The lowest BCUT2D eigenvalue weighted by molar-refractivity contribution is 0.994. The maximum Gasteiger partial charge on any atom is 0.264 e. The van der Waals surface area contributed by atoms with Gasteiger partial charge in [0.1, 0.15) is 0 Å². The van der Waals surface area contributed by atoms with Crippen LogP contribution in [0.25, 0.3) is 0 Å². The van der Waals surface area contributed by atoms with E-state index in [4.69, 9.17) is 0 Å². The SMILES string of the molecule is Cc1ccccc1Nc1ccc(=O)[nH]n1. The van der Waals surface area contributed by atoms with Crippen molar-refractivity contribution in [2.24, 2.45) is 0 Å². The van der Waals surface area contributed by atoms with Crippen LogP contribution in [0, 0.1) is 6.92 Å². The molecular weight excluding hydrogens is 190 g/mol. The first-order valence-corrected chi connectivity index (χ1v) is 4.64. The van der Waals surface area contributed by atoms with Crippen molar-refractivity contribution in [2.75, 3.05) is 5.32 Å².